The normalized spacial score (nSPS) is 15.6. The van der Waals surface area contributed by atoms with Gasteiger partial charge in [-0.2, -0.15) is 0 Å². The van der Waals surface area contributed by atoms with Crippen LogP contribution in [0.3, 0.4) is 0 Å². The molecule has 0 unspecified atom stereocenters. The van der Waals surface area contributed by atoms with Gasteiger partial charge in [0.1, 0.15) is 5.82 Å². The smallest absolute Gasteiger partial charge is 0.229 e. The molecule has 1 aliphatic rings. The number of guanidine groups is 1. The highest BCUT2D eigenvalue weighted by Crippen LogP contribution is 2.11. The summed E-state index contributed by atoms with van der Waals surface area (Å²) in [5.74, 6) is 0.0472. The standard InChI is InChI=1S/C17H23FN4O2/c1-2-19-17(21-12-13-5-3-6-14(18)11-13)20-9-10-22-15(23)7-4-8-16(22)24/h3,5-6,11H,2,4,7-10,12H2,1H3,(H2,19,20,21). The zero-order valence-corrected chi connectivity index (χ0v) is 13.8. The molecule has 0 spiro atoms. The second-order valence-corrected chi connectivity index (χ2v) is 5.54. The van der Waals surface area contributed by atoms with Crippen molar-refractivity contribution in [3.8, 4) is 0 Å². The van der Waals surface area contributed by atoms with E-state index in [4.69, 9.17) is 0 Å². The predicted molar refractivity (Wildman–Crippen MR) is 89.8 cm³/mol. The molecule has 1 aromatic rings. The van der Waals surface area contributed by atoms with E-state index in [0.29, 0.717) is 51.4 Å². The number of nitrogens with one attached hydrogen (secondary N) is 2. The maximum atomic E-state index is 13.2. The van der Waals surface area contributed by atoms with Gasteiger partial charge in [0.2, 0.25) is 11.8 Å². The van der Waals surface area contributed by atoms with Gasteiger partial charge < -0.3 is 10.6 Å². The van der Waals surface area contributed by atoms with Gasteiger partial charge in [0, 0.05) is 32.5 Å². The first-order valence-electron chi connectivity index (χ1n) is 8.20. The second kappa shape index (κ2) is 9.00. The summed E-state index contributed by atoms with van der Waals surface area (Å²) in [4.78, 5) is 29.2. The molecule has 7 heteroatoms. The Morgan fingerprint density at radius 1 is 1.25 bits per heavy atom. The van der Waals surface area contributed by atoms with E-state index in [1.807, 2.05) is 6.92 Å². The van der Waals surface area contributed by atoms with Crippen molar-refractivity contribution in [1.29, 1.82) is 0 Å². The third kappa shape index (κ3) is 5.33. The third-order valence-corrected chi connectivity index (χ3v) is 3.66. The summed E-state index contributed by atoms with van der Waals surface area (Å²) in [6.45, 7) is 3.71. The van der Waals surface area contributed by atoms with E-state index in [9.17, 15) is 14.0 Å². The lowest BCUT2D eigenvalue weighted by Gasteiger charge is -2.25. The summed E-state index contributed by atoms with van der Waals surface area (Å²) in [5.41, 5.74) is 0.772. The summed E-state index contributed by atoms with van der Waals surface area (Å²) in [6, 6.07) is 6.29. The highest BCUT2D eigenvalue weighted by atomic mass is 19.1. The van der Waals surface area contributed by atoms with E-state index in [0.717, 1.165) is 5.56 Å². The SMILES string of the molecule is CCNC(=NCc1cccc(F)c1)NCCN1C(=O)CCCC1=O. The number of benzene rings is 1. The topological polar surface area (TPSA) is 73.8 Å². The molecule has 0 aliphatic carbocycles. The minimum atomic E-state index is -0.289. The van der Waals surface area contributed by atoms with E-state index < -0.39 is 0 Å². The number of hydrogen-bond donors (Lipinski definition) is 2. The van der Waals surface area contributed by atoms with Gasteiger partial charge in [-0.3, -0.25) is 14.5 Å². The Hall–Kier alpha value is -2.44. The van der Waals surface area contributed by atoms with Crippen molar-refractivity contribution < 1.29 is 14.0 Å². The number of piperidine rings is 1. The summed E-state index contributed by atoms with van der Waals surface area (Å²) in [6.07, 6.45) is 1.50. The Kier molecular flexibility index (Phi) is 6.72. The molecule has 0 radical (unpaired) electrons. The lowest BCUT2D eigenvalue weighted by atomic mass is 10.1. The Bertz CT molecular complexity index is 602. The lowest BCUT2D eigenvalue weighted by Crippen LogP contribution is -2.46. The first-order chi connectivity index (χ1) is 11.6. The van der Waals surface area contributed by atoms with Gasteiger partial charge in [0.15, 0.2) is 5.96 Å². The number of hydrogen-bond acceptors (Lipinski definition) is 3. The van der Waals surface area contributed by atoms with E-state index in [1.54, 1.807) is 12.1 Å². The van der Waals surface area contributed by atoms with Crippen LogP contribution in [0.4, 0.5) is 4.39 Å². The molecule has 0 aromatic heterocycles. The maximum Gasteiger partial charge on any atom is 0.229 e. The highest BCUT2D eigenvalue weighted by Gasteiger charge is 2.25. The molecule has 6 nitrogen and oxygen atoms in total. The van der Waals surface area contributed by atoms with Crippen LogP contribution in [0.1, 0.15) is 31.7 Å². The second-order valence-electron chi connectivity index (χ2n) is 5.54. The van der Waals surface area contributed by atoms with Gasteiger partial charge in [0.25, 0.3) is 0 Å². The number of nitrogens with zero attached hydrogens (tertiary/aromatic N) is 2. The van der Waals surface area contributed by atoms with Gasteiger partial charge in [-0.25, -0.2) is 9.38 Å². The number of rotatable bonds is 6. The fraction of sp³-hybridized carbons (Fsp3) is 0.471. The van der Waals surface area contributed by atoms with Crippen LogP contribution in [-0.2, 0) is 16.1 Å². The quantitative estimate of drug-likeness (QED) is 0.469. The minimum absolute atomic E-state index is 0.116. The number of carbonyl (C=O) groups excluding carboxylic acids is 2. The van der Waals surface area contributed by atoms with Crippen LogP contribution in [-0.4, -0.2) is 42.3 Å². The number of halogens is 1. The summed E-state index contributed by atoms with van der Waals surface area (Å²) in [7, 11) is 0. The molecule has 1 aliphatic heterocycles. The molecule has 2 N–H and O–H groups in total. The fourth-order valence-corrected chi connectivity index (χ4v) is 2.48. The first-order valence-corrected chi connectivity index (χ1v) is 8.20. The zero-order chi connectivity index (χ0) is 17.4. The van der Waals surface area contributed by atoms with E-state index >= 15 is 0 Å². The van der Waals surface area contributed by atoms with Crippen molar-refractivity contribution in [2.24, 2.45) is 4.99 Å². The molecule has 2 amide bonds. The first kappa shape index (κ1) is 17.9. The Morgan fingerprint density at radius 3 is 2.67 bits per heavy atom. The highest BCUT2D eigenvalue weighted by molar-refractivity contribution is 5.97. The number of carbonyl (C=O) groups is 2. The van der Waals surface area contributed by atoms with Gasteiger partial charge in [-0.15, -0.1) is 0 Å². The number of aliphatic imine (C=N–C) groups is 1. The summed E-state index contributed by atoms with van der Waals surface area (Å²) in [5, 5.41) is 6.18. The summed E-state index contributed by atoms with van der Waals surface area (Å²) < 4.78 is 13.2. The minimum Gasteiger partial charge on any atom is -0.357 e. The zero-order valence-electron chi connectivity index (χ0n) is 13.8. The molecule has 24 heavy (non-hydrogen) atoms. The van der Waals surface area contributed by atoms with Gasteiger partial charge in [-0.1, -0.05) is 12.1 Å². The van der Waals surface area contributed by atoms with Crippen LogP contribution < -0.4 is 10.6 Å². The van der Waals surface area contributed by atoms with E-state index in [-0.39, 0.29) is 17.6 Å². The molecular formula is C17H23FN4O2. The Morgan fingerprint density at radius 2 is 2.00 bits per heavy atom. The van der Waals surface area contributed by atoms with Crippen molar-refractivity contribution in [2.45, 2.75) is 32.7 Å². The van der Waals surface area contributed by atoms with Crippen LogP contribution in [0.5, 0.6) is 0 Å². The van der Waals surface area contributed by atoms with Crippen LogP contribution in [0.2, 0.25) is 0 Å². The van der Waals surface area contributed by atoms with E-state index in [2.05, 4.69) is 15.6 Å². The molecular weight excluding hydrogens is 311 g/mol. The fourth-order valence-electron chi connectivity index (χ4n) is 2.48. The molecule has 0 bridgehead atoms. The molecule has 0 atom stereocenters. The monoisotopic (exact) mass is 334 g/mol. The van der Waals surface area contributed by atoms with Crippen molar-refractivity contribution in [3.63, 3.8) is 0 Å². The van der Waals surface area contributed by atoms with Gasteiger partial charge >= 0.3 is 0 Å². The van der Waals surface area contributed by atoms with E-state index in [1.165, 1.54) is 17.0 Å². The van der Waals surface area contributed by atoms with Crippen LogP contribution in [0.15, 0.2) is 29.3 Å². The largest absolute Gasteiger partial charge is 0.357 e. The number of imide groups is 1. The molecule has 2 rings (SSSR count). The molecule has 1 fully saturated rings. The average molecular weight is 334 g/mol. The average Bonchev–Trinajstić information content (AvgIpc) is 2.55. The van der Waals surface area contributed by atoms with Crippen LogP contribution >= 0.6 is 0 Å². The van der Waals surface area contributed by atoms with Crippen molar-refractivity contribution in [1.82, 2.24) is 15.5 Å². The maximum absolute atomic E-state index is 13.2. The van der Waals surface area contributed by atoms with Crippen molar-refractivity contribution in [2.75, 3.05) is 19.6 Å². The number of likely N-dealkylation sites (tertiary alicyclic amines) is 1. The summed E-state index contributed by atoms with van der Waals surface area (Å²) >= 11 is 0. The number of amides is 2. The van der Waals surface area contributed by atoms with Crippen LogP contribution in [0.25, 0.3) is 0 Å². The van der Waals surface area contributed by atoms with Crippen molar-refractivity contribution in [3.05, 3.63) is 35.6 Å². The lowest BCUT2D eigenvalue weighted by molar-refractivity contribution is -0.147. The van der Waals surface area contributed by atoms with Crippen LogP contribution in [0, 0.1) is 5.82 Å². The third-order valence-electron chi connectivity index (χ3n) is 3.66. The Labute approximate surface area is 141 Å². The van der Waals surface area contributed by atoms with Gasteiger partial charge in [0.05, 0.1) is 6.54 Å². The molecule has 1 aromatic carbocycles. The Balaban J connectivity index is 1.87. The molecule has 130 valence electrons. The molecule has 0 saturated carbocycles. The molecule has 1 saturated heterocycles. The molecule has 1 heterocycles. The van der Waals surface area contributed by atoms with Gasteiger partial charge in [-0.05, 0) is 31.0 Å². The predicted octanol–water partition coefficient (Wildman–Crippen LogP) is 1.42. The van der Waals surface area contributed by atoms with Crippen molar-refractivity contribution >= 4 is 17.8 Å².